The maximum atomic E-state index is 12.0. The standard InChI is InChI=1S/C18H22N2O2/c1-3-22-17-9-7-16(8-10-17)14(2)20-18(21)11-6-15-5-4-12-19-13-15/h4-5,7-10,12-14H,3,6,11H2,1-2H3,(H,20,21). The van der Waals surface area contributed by atoms with Crippen molar-refractivity contribution >= 4 is 5.91 Å². The average molecular weight is 298 g/mol. The Morgan fingerprint density at radius 1 is 1.27 bits per heavy atom. The molecule has 2 aromatic rings. The Labute approximate surface area is 131 Å². The predicted molar refractivity (Wildman–Crippen MR) is 86.7 cm³/mol. The van der Waals surface area contributed by atoms with Crippen LogP contribution in [0.25, 0.3) is 0 Å². The van der Waals surface area contributed by atoms with Crippen molar-refractivity contribution in [3.05, 3.63) is 59.9 Å². The van der Waals surface area contributed by atoms with Gasteiger partial charge in [0.2, 0.25) is 5.91 Å². The van der Waals surface area contributed by atoms with Crippen LogP contribution in [0.5, 0.6) is 5.75 Å². The highest BCUT2D eigenvalue weighted by atomic mass is 16.5. The first-order valence-corrected chi connectivity index (χ1v) is 7.60. The van der Waals surface area contributed by atoms with E-state index in [0.29, 0.717) is 19.4 Å². The zero-order valence-electron chi connectivity index (χ0n) is 13.1. The van der Waals surface area contributed by atoms with Crippen molar-refractivity contribution in [1.29, 1.82) is 0 Å². The number of rotatable bonds is 7. The van der Waals surface area contributed by atoms with Gasteiger partial charge in [-0.2, -0.15) is 0 Å². The molecule has 1 aromatic heterocycles. The lowest BCUT2D eigenvalue weighted by Gasteiger charge is -2.15. The minimum absolute atomic E-state index is 0.0166. The summed E-state index contributed by atoms with van der Waals surface area (Å²) in [6.45, 7) is 4.59. The molecule has 1 atom stereocenters. The van der Waals surface area contributed by atoms with Gasteiger partial charge in [-0.15, -0.1) is 0 Å². The topological polar surface area (TPSA) is 51.2 Å². The number of carbonyl (C=O) groups is 1. The van der Waals surface area contributed by atoms with Crippen LogP contribution in [-0.4, -0.2) is 17.5 Å². The number of pyridine rings is 1. The van der Waals surface area contributed by atoms with E-state index >= 15 is 0 Å². The van der Waals surface area contributed by atoms with Gasteiger partial charge in [-0.3, -0.25) is 9.78 Å². The molecule has 22 heavy (non-hydrogen) atoms. The first-order valence-electron chi connectivity index (χ1n) is 7.60. The molecule has 0 aliphatic carbocycles. The summed E-state index contributed by atoms with van der Waals surface area (Å²) in [5.74, 6) is 0.895. The van der Waals surface area contributed by atoms with Crippen molar-refractivity contribution < 1.29 is 9.53 Å². The number of benzene rings is 1. The molecule has 1 N–H and O–H groups in total. The van der Waals surface area contributed by atoms with E-state index in [-0.39, 0.29) is 11.9 Å². The third-order valence-electron chi connectivity index (χ3n) is 3.43. The summed E-state index contributed by atoms with van der Waals surface area (Å²) in [5, 5.41) is 3.02. The van der Waals surface area contributed by atoms with Crippen LogP contribution in [0.3, 0.4) is 0 Å². The number of aromatic nitrogens is 1. The quantitative estimate of drug-likeness (QED) is 0.853. The zero-order chi connectivity index (χ0) is 15.8. The molecule has 1 aromatic carbocycles. The normalized spacial score (nSPS) is 11.7. The van der Waals surface area contributed by atoms with Gasteiger partial charge in [0.15, 0.2) is 0 Å². The molecular formula is C18H22N2O2. The van der Waals surface area contributed by atoms with Gasteiger partial charge >= 0.3 is 0 Å². The lowest BCUT2D eigenvalue weighted by atomic mass is 10.1. The van der Waals surface area contributed by atoms with Crippen LogP contribution in [0.2, 0.25) is 0 Å². The van der Waals surface area contributed by atoms with E-state index in [2.05, 4.69) is 10.3 Å². The number of carbonyl (C=O) groups excluding carboxylic acids is 1. The molecule has 1 unspecified atom stereocenters. The van der Waals surface area contributed by atoms with Crippen LogP contribution >= 0.6 is 0 Å². The van der Waals surface area contributed by atoms with Crippen LogP contribution < -0.4 is 10.1 Å². The predicted octanol–water partition coefficient (Wildman–Crippen LogP) is 3.29. The molecule has 0 saturated carbocycles. The third-order valence-corrected chi connectivity index (χ3v) is 3.43. The van der Waals surface area contributed by atoms with Crippen molar-refractivity contribution in [3.63, 3.8) is 0 Å². The van der Waals surface area contributed by atoms with E-state index in [9.17, 15) is 4.79 Å². The van der Waals surface area contributed by atoms with Crippen LogP contribution in [0, 0.1) is 0 Å². The number of ether oxygens (including phenoxy) is 1. The number of amides is 1. The second-order valence-electron chi connectivity index (χ2n) is 5.15. The average Bonchev–Trinajstić information content (AvgIpc) is 2.55. The minimum Gasteiger partial charge on any atom is -0.494 e. The second kappa shape index (κ2) is 8.17. The van der Waals surface area contributed by atoms with E-state index in [0.717, 1.165) is 16.9 Å². The highest BCUT2D eigenvalue weighted by Gasteiger charge is 2.09. The van der Waals surface area contributed by atoms with Gasteiger partial charge in [-0.1, -0.05) is 18.2 Å². The summed E-state index contributed by atoms with van der Waals surface area (Å²) in [6.07, 6.45) is 4.70. The van der Waals surface area contributed by atoms with Gasteiger partial charge in [-0.25, -0.2) is 0 Å². The smallest absolute Gasteiger partial charge is 0.220 e. The van der Waals surface area contributed by atoms with Gasteiger partial charge in [0, 0.05) is 18.8 Å². The van der Waals surface area contributed by atoms with Crippen molar-refractivity contribution in [3.8, 4) is 5.75 Å². The van der Waals surface area contributed by atoms with Gasteiger partial charge in [0.1, 0.15) is 5.75 Å². The number of hydrogen-bond donors (Lipinski definition) is 1. The Balaban J connectivity index is 1.82. The Morgan fingerprint density at radius 2 is 2.05 bits per heavy atom. The number of aryl methyl sites for hydroxylation is 1. The van der Waals surface area contributed by atoms with Gasteiger partial charge in [0.25, 0.3) is 0 Å². The first-order chi connectivity index (χ1) is 10.7. The Hall–Kier alpha value is -2.36. The van der Waals surface area contributed by atoms with Crippen LogP contribution in [0.1, 0.15) is 37.4 Å². The van der Waals surface area contributed by atoms with Crippen molar-refractivity contribution in [2.45, 2.75) is 32.7 Å². The van der Waals surface area contributed by atoms with Crippen molar-refractivity contribution in [2.75, 3.05) is 6.61 Å². The summed E-state index contributed by atoms with van der Waals surface area (Å²) >= 11 is 0. The molecule has 4 nitrogen and oxygen atoms in total. The lowest BCUT2D eigenvalue weighted by Crippen LogP contribution is -2.26. The molecule has 0 bridgehead atoms. The summed E-state index contributed by atoms with van der Waals surface area (Å²) in [6, 6.07) is 11.7. The molecule has 2 rings (SSSR count). The monoisotopic (exact) mass is 298 g/mol. The first kappa shape index (κ1) is 16.0. The highest BCUT2D eigenvalue weighted by Crippen LogP contribution is 2.17. The lowest BCUT2D eigenvalue weighted by molar-refractivity contribution is -0.121. The van der Waals surface area contributed by atoms with Crippen LogP contribution in [0.15, 0.2) is 48.8 Å². The molecule has 1 heterocycles. The molecule has 0 saturated heterocycles. The SMILES string of the molecule is CCOc1ccc(C(C)NC(=O)CCc2cccnc2)cc1. The molecule has 4 heteroatoms. The van der Waals surface area contributed by atoms with Crippen molar-refractivity contribution in [2.24, 2.45) is 0 Å². The van der Waals surface area contributed by atoms with Crippen LogP contribution in [-0.2, 0) is 11.2 Å². The van der Waals surface area contributed by atoms with Gasteiger partial charge < -0.3 is 10.1 Å². The second-order valence-corrected chi connectivity index (χ2v) is 5.15. The van der Waals surface area contributed by atoms with E-state index in [1.807, 2.05) is 50.2 Å². The summed E-state index contributed by atoms with van der Waals surface area (Å²) in [7, 11) is 0. The van der Waals surface area contributed by atoms with E-state index in [1.165, 1.54) is 0 Å². The zero-order valence-corrected chi connectivity index (χ0v) is 13.1. The third kappa shape index (κ3) is 4.88. The maximum Gasteiger partial charge on any atom is 0.220 e. The van der Waals surface area contributed by atoms with E-state index in [1.54, 1.807) is 12.4 Å². The Morgan fingerprint density at radius 3 is 2.68 bits per heavy atom. The fraction of sp³-hybridized carbons (Fsp3) is 0.333. The molecule has 0 radical (unpaired) electrons. The molecule has 0 fully saturated rings. The van der Waals surface area contributed by atoms with Gasteiger partial charge in [0.05, 0.1) is 12.6 Å². The Bertz CT molecular complexity index is 582. The van der Waals surface area contributed by atoms with Crippen LogP contribution in [0.4, 0.5) is 0 Å². The molecule has 0 aliphatic rings. The molecule has 0 aliphatic heterocycles. The van der Waals surface area contributed by atoms with Crippen molar-refractivity contribution in [1.82, 2.24) is 10.3 Å². The number of nitrogens with one attached hydrogen (secondary N) is 1. The highest BCUT2D eigenvalue weighted by molar-refractivity contribution is 5.76. The fourth-order valence-corrected chi connectivity index (χ4v) is 2.22. The Kier molecular flexibility index (Phi) is 5.95. The summed E-state index contributed by atoms with van der Waals surface area (Å²) in [5.41, 5.74) is 2.14. The van der Waals surface area contributed by atoms with E-state index < -0.39 is 0 Å². The molecule has 0 spiro atoms. The fourth-order valence-electron chi connectivity index (χ4n) is 2.22. The maximum absolute atomic E-state index is 12.0. The molecular weight excluding hydrogens is 276 g/mol. The summed E-state index contributed by atoms with van der Waals surface area (Å²) in [4.78, 5) is 16.1. The largest absolute Gasteiger partial charge is 0.494 e. The van der Waals surface area contributed by atoms with E-state index in [4.69, 9.17) is 4.74 Å². The number of nitrogens with zero attached hydrogens (tertiary/aromatic N) is 1. The molecule has 116 valence electrons. The summed E-state index contributed by atoms with van der Waals surface area (Å²) < 4.78 is 5.42. The molecule has 1 amide bonds. The minimum atomic E-state index is -0.0166. The number of hydrogen-bond acceptors (Lipinski definition) is 3. The van der Waals surface area contributed by atoms with Gasteiger partial charge in [-0.05, 0) is 49.6 Å².